The molecule has 0 aliphatic carbocycles. The number of carbonyl (C=O) groups excluding carboxylic acids is 1. The Morgan fingerprint density at radius 2 is 2.08 bits per heavy atom. The topological polar surface area (TPSA) is 43.1 Å². The molecule has 0 saturated heterocycles. The van der Waals surface area contributed by atoms with E-state index in [0.717, 1.165) is 9.13 Å². The molecular formula is C9H10INO. The van der Waals surface area contributed by atoms with Gasteiger partial charge in [-0.3, -0.25) is 4.79 Å². The number of hydrogen-bond donors (Lipinski definition) is 1. The quantitative estimate of drug-likeness (QED) is 0.486. The van der Waals surface area contributed by atoms with Crippen LogP contribution in [0.5, 0.6) is 0 Å². The Bertz CT molecular complexity index is 334. The molecule has 1 aromatic carbocycles. The highest BCUT2D eigenvalue weighted by atomic mass is 127. The van der Waals surface area contributed by atoms with Gasteiger partial charge in [0.25, 0.3) is 0 Å². The van der Waals surface area contributed by atoms with E-state index in [1.54, 1.807) is 6.07 Å². The maximum Gasteiger partial charge on any atom is 0.161 e. The normalized spacial score (nSPS) is 9.92. The molecule has 64 valence electrons. The molecule has 0 aliphatic rings. The van der Waals surface area contributed by atoms with Gasteiger partial charge in [-0.2, -0.15) is 0 Å². The second-order valence-electron chi connectivity index (χ2n) is 2.71. The fraction of sp³-hybridized carbons (Fsp3) is 0.222. The number of nitrogens with two attached hydrogens (primary N) is 1. The largest absolute Gasteiger partial charge is 0.397 e. The summed E-state index contributed by atoms with van der Waals surface area (Å²) in [4.78, 5) is 11.0. The molecule has 0 saturated carbocycles. The predicted octanol–water partition coefficient (Wildman–Crippen LogP) is 2.38. The average molecular weight is 275 g/mol. The third-order valence-corrected chi connectivity index (χ3v) is 3.18. The van der Waals surface area contributed by atoms with E-state index in [2.05, 4.69) is 22.6 Å². The van der Waals surface area contributed by atoms with Crippen LogP contribution in [0.1, 0.15) is 22.8 Å². The molecule has 0 amide bonds. The minimum absolute atomic E-state index is 0.0189. The van der Waals surface area contributed by atoms with Crippen LogP contribution < -0.4 is 5.73 Å². The van der Waals surface area contributed by atoms with E-state index in [4.69, 9.17) is 5.73 Å². The number of rotatable bonds is 1. The van der Waals surface area contributed by atoms with Crippen molar-refractivity contribution >= 4 is 34.1 Å². The van der Waals surface area contributed by atoms with Crippen LogP contribution in [0.25, 0.3) is 0 Å². The van der Waals surface area contributed by atoms with E-state index < -0.39 is 0 Å². The number of benzene rings is 1. The van der Waals surface area contributed by atoms with Crippen LogP contribution in [0.3, 0.4) is 0 Å². The predicted molar refractivity (Wildman–Crippen MR) is 58.3 cm³/mol. The zero-order valence-electron chi connectivity index (χ0n) is 7.02. The molecule has 0 bridgehead atoms. The van der Waals surface area contributed by atoms with Crippen molar-refractivity contribution in [2.24, 2.45) is 0 Å². The molecule has 2 nitrogen and oxygen atoms in total. The van der Waals surface area contributed by atoms with Crippen LogP contribution in [0, 0.1) is 10.5 Å². The molecule has 0 fully saturated rings. The number of ketones is 1. The van der Waals surface area contributed by atoms with Crippen LogP contribution in [-0.2, 0) is 0 Å². The van der Waals surface area contributed by atoms with Crippen LogP contribution in [0.2, 0.25) is 0 Å². The Kier molecular flexibility index (Phi) is 2.72. The van der Waals surface area contributed by atoms with Crippen molar-refractivity contribution in [1.82, 2.24) is 0 Å². The summed E-state index contributed by atoms with van der Waals surface area (Å²) >= 11 is 2.15. The fourth-order valence-corrected chi connectivity index (χ4v) is 1.48. The maximum absolute atomic E-state index is 11.0. The summed E-state index contributed by atoms with van der Waals surface area (Å²) in [7, 11) is 0. The summed E-state index contributed by atoms with van der Waals surface area (Å²) < 4.78 is 0.973. The van der Waals surface area contributed by atoms with Crippen molar-refractivity contribution in [3.05, 3.63) is 26.8 Å². The Labute approximate surface area is 85.3 Å². The number of aryl methyl sites for hydroxylation is 1. The second kappa shape index (κ2) is 3.43. The van der Waals surface area contributed by atoms with Gasteiger partial charge in [-0.1, -0.05) is 6.07 Å². The molecule has 3 heteroatoms. The first-order chi connectivity index (χ1) is 5.54. The van der Waals surface area contributed by atoms with Gasteiger partial charge in [-0.05, 0) is 48.1 Å². The number of anilines is 1. The molecule has 0 unspecified atom stereocenters. The molecule has 2 N–H and O–H groups in total. The van der Waals surface area contributed by atoms with Crippen LogP contribution in [0.15, 0.2) is 12.1 Å². The van der Waals surface area contributed by atoms with E-state index in [0.29, 0.717) is 11.3 Å². The Morgan fingerprint density at radius 1 is 1.50 bits per heavy atom. The standard InChI is InChI=1S/C9H10INO/c1-5-3-4-7(6(2)12)9(11)8(5)10/h3-4H,11H2,1-2H3. The highest BCUT2D eigenvalue weighted by Crippen LogP contribution is 2.23. The van der Waals surface area contributed by atoms with E-state index in [-0.39, 0.29) is 5.78 Å². The Hall–Kier alpha value is -0.580. The summed E-state index contributed by atoms with van der Waals surface area (Å²) in [5.74, 6) is 0.0189. The van der Waals surface area contributed by atoms with E-state index in [9.17, 15) is 4.79 Å². The lowest BCUT2D eigenvalue weighted by Crippen LogP contribution is -2.02. The molecule has 0 aromatic heterocycles. The van der Waals surface area contributed by atoms with E-state index in [1.165, 1.54) is 6.92 Å². The molecule has 1 aromatic rings. The minimum Gasteiger partial charge on any atom is -0.397 e. The summed E-state index contributed by atoms with van der Waals surface area (Å²) in [5, 5.41) is 0. The lowest BCUT2D eigenvalue weighted by molar-refractivity contribution is 0.101. The highest BCUT2D eigenvalue weighted by molar-refractivity contribution is 14.1. The lowest BCUT2D eigenvalue weighted by atomic mass is 10.1. The Balaban J connectivity index is 3.36. The van der Waals surface area contributed by atoms with Gasteiger partial charge in [0.1, 0.15) is 0 Å². The summed E-state index contributed by atoms with van der Waals surface area (Å²) in [6.45, 7) is 3.50. The zero-order valence-corrected chi connectivity index (χ0v) is 9.18. The molecule has 0 heterocycles. The van der Waals surface area contributed by atoms with Gasteiger partial charge >= 0.3 is 0 Å². The molecule has 12 heavy (non-hydrogen) atoms. The van der Waals surface area contributed by atoms with Gasteiger partial charge in [-0.25, -0.2) is 0 Å². The average Bonchev–Trinajstić information content (AvgIpc) is 2.00. The van der Waals surface area contributed by atoms with E-state index in [1.807, 2.05) is 13.0 Å². The van der Waals surface area contributed by atoms with Gasteiger partial charge in [0.05, 0.1) is 5.69 Å². The summed E-state index contributed by atoms with van der Waals surface area (Å²) in [6, 6.07) is 3.68. The van der Waals surface area contributed by atoms with Gasteiger partial charge in [0, 0.05) is 9.13 Å². The third kappa shape index (κ3) is 1.60. The van der Waals surface area contributed by atoms with Crippen molar-refractivity contribution in [3.8, 4) is 0 Å². The smallest absolute Gasteiger partial charge is 0.161 e. The van der Waals surface area contributed by atoms with Gasteiger partial charge in [0.2, 0.25) is 0 Å². The lowest BCUT2D eigenvalue weighted by Gasteiger charge is -2.06. The van der Waals surface area contributed by atoms with Crippen molar-refractivity contribution in [2.75, 3.05) is 5.73 Å². The van der Waals surface area contributed by atoms with Crippen molar-refractivity contribution < 1.29 is 4.79 Å². The number of hydrogen-bond acceptors (Lipinski definition) is 2. The minimum atomic E-state index is 0.0189. The van der Waals surface area contributed by atoms with E-state index >= 15 is 0 Å². The number of Topliss-reactive ketones (excluding diaryl/α,β-unsaturated/α-hetero) is 1. The van der Waals surface area contributed by atoms with Gasteiger partial charge in [0.15, 0.2) is 5.78 Å². The van der Waals surface area contributed by atoms with Gasteiger partial charge < -0.3 is 5.73 Å². The fourth-order valence-electron chi connectivity index (χ4n) is 1.01. The zero-order chi connectivity index (χ0) is 9.30. The number of nitrogen functional groups attached to an aromatic ring is 1. The van der Waals surface area contributed by atoms with Gasteiger partial charge in [-0.15, -0.1) is 0 Å². The van der Waals surface area contributed by atoms with Crippen LogP contribution >= 0.6 is 22.6 Å². The molecule has 0 aliphatic heterocycles. The monoisotopic (exact) mass is 275 g/mol. The molecule has 0 radical (unpaired) electrons. The van der Waals surface area contributed by atoms with Crippen molar-refractivity contribution in [3.63, 3.8) is 0 Å². The molecule has 0 spiro atoms. The molecule has 0 atom stereocenters. The van der Waals surface area contributed by atoms with Crippen molar-refractivity contribution in [1.29, 1.82) is 0 Å². The first kappa shape index (κ1) is 9.51. The first-order valence-corrected chi connectivity index (χ1v) is 4.67. The van der Waals surface area contributed by atoms with Crippen LogP contribution in [0.4, 0.5) is 5.69 Å². The summed E-state index contributed by atoms with van der Waals surface area (Å²) in [5.41, 5.74) is 8.08. The Morgan fingerprint density at radius 3 is 2.58 bits per heavy atom. The van der Waals surface area contributed by atoms with Crippen LogP contribution in [-0.4, -0.2) is 5.78 Å². The first-order valence-electron chi connectivity index (χ1n) is 3.59. The third-order valence-electron chi connectivity index (χ3n) is 1.75. The summed E-state index contributed by atoms with van der Waals surface area (Å²) in [6.07, 6.45) is 0. The number of carbonyl (C=O) groups is 1. The molecule has 1 rings (SSSR count). The second-order valence-corrected chi connectivity index (χ2v) is 3.79. The SMILES string of the molecule is CC(=O)c1ccc(C)c(I)c1N. The number of halogens is 1. The van der Waals surface area contributed by atoms with Crippen molar-refractivity contribution in [2.45, 2.75) is 13.8 Å². The molecular weight excluding hydrogens is 265 g/mol. The highest BCUT2D eigenvalue weighted by Gasteiger charge is 2.08. The maximum atomic E-state index is 11.0.